The van der Waals surface area contributed by atoms with Crippen molar-refractivity contribution >= 4 is 5.91 Å². The molecule has 0 bridgehead atoms. The second-order valence-electron chi connectivity index (χ2n) is 5.22. The Kier molecular flexibility index (Phi) is 6.52. The van der Waals surface area contributed by atoms with Gasteiger partial charge < -0.3 is 15.5 Å². The molecule has 0 saturated carbocycles. The van der Waals surface area contributed by atoms with E-state index in [4.69, 9.17) is 0 Å². The zero-order valence-electron chi connectivity index (χ0n) is 11.5. The number of nitrogens with zero attached hydrogens (tertiary/aromatic N) is 1. The highest BCUT2D eigenvalue weighted by Gasteiger charge is 2.20. The highest BCUT2D eigenvalue weighted by atomic mass is 16.1. The van der Waals surface area contributed by atoms with Crippen LogP contribution < -0.4 is 10.6 Å². The van der Waals surface area contributed by atoms with Crippen LogP contribution in [-0.4, -0.2) is 49.6 Å². The van der Waals surface area contributed by atoms with E-state index in [1.54, 1.807) is 0 Å². The molecule has 17 heavy (non-hydrogen) atoms. The summed E-state index contributed by atoms with van der Waals surface area (Å²) in [5.41, 5.74) is 0. The van der Waals surface area contributed by atoms with E-state index in [-0.39, 0.29) is 11.9 Å². The summed E-state index contributed by atoms with van der Waals surface area (Å²) < 4.78 is 0. The van der Waals surface area contributed by atoms with E-state index in [0.29, 0.717) is 6.42 Å². The highest BCUT2D eigenvalue weighted by Crippen LogP contribution is 2.14. The van der Waals surface area contributed by atoms with E-state index in [1.807, 2.05) is 13.8 Å². The molecule has 1 heterocycles. The normalized spacial score (nSPS) is 21.1. The number of carbonyl (C=O) groups is 1. The molecule has 1 amide bonds. The van der Waals surface area contributed by atoms with Gasteiger partial charge in [-0.25, -0.2) is 0 Å². The first kappa shape index (κ1) is 14.5. The van der Waals surface area contributed by atoms with E-state index in [1.165, 1.54) is 19.5 Å². The molecule has 0 aromatic heterocycles. The molecule has 0 aromatic rings. The van der Waals surface area contributed by atoms with E-state index >= 15 is 0 Å². The maximum atomic E-state index is 11.4. The predicted octanol–water partition coefficient (Wildman–Crippen LogP) is 0.833. The summed E-state index contributed by atoms with van der Waals surface area (Å²) in [6.45, 7) is 11.6. The van der Waals surface area contributed by atoms with Crippen molar-refractivity contribution < 1.29 is 4.79 Å². The van der Waals surface area contributed by atoms with E-state index in [0.717, 1.165) is 25.6 Å². The summed E-state index contributed by atoms with van der Waals surface area (Å²) in [6, 6.07) is 0.246. The molecule has 1 saturated heterocycles. The Morgan fingerprint density at radius 1 is 1.47 bits per heavy atom. The third-order valence-electron chi connectivity index (χ3n) is 3.23. The average molecular weight is 241 g/mol. The van der Waals surface area contributed by atoms with Crippen molar-refractivity contribution in [3.8, 4) is 0 Å². The Labute approximate surface area is 105 Å². The van der Waals surface area contributed by atoms with Crippen molar-refractivity contribution in [3.05, 3.63) is 0 Å². The first-order valence-corrected chi connectivity index (χ1v) is 6.84. The summed E-state index contributed by atoms with van der Waals surface area (Å²) >= 11 is 0. The fourth-order valence-corrected chi connectivity index (χ4v) is 2.27. The van der Waals surface area contributed by atoms with Crippen LogP contribution in [-0.2, 0) is 4.79 Å². The Balaban J connectivity index is 1.99. The lowest BCUT2D eigenvalue weighted by molar-refractivity contribution is -0.121. The van der Waals surface area contributed by atoms with Crippen molar-refractivity contribution in [1.29, 1.82) is 0 Å². The van der Waals surface area contributed by atoms with Gasteiger partial charge >= 0.3 is 0 Å². The van der Waals surface area contributed by atoms with Crippen LogP contribution in [0.5, 0.6) is 0 Å². The number of carbonyl (C=O) groups excluding carboxylic acids is 1. The van der Waals surface area contributed by atoms with Crippen molar-refractivity contribution in [3.63, 3.8) is 0 Å². The minimum Gasteiger partial charge on any atom is -0.354 e. The smallest absolute Gasteiger partial charge is 0.221 e. The topological polar surface area (TPSA) is 44.4 Å². The molecule has 0 radical (unpaired) electrons. The largest absolute Gasteiger partial charge is 0.354 e. The standard InChI is InChI=1S/C13H27N3O/c1-4-16-8-6-12(10-16)9-14-7-5-13(17)15-11(2)3/h11-12,14H,4-10H2,1-3H3,(H,15,17). The zero-order valence-corrected chi connectivity index (χ0v) is 11.5. The molecule has 1 rings (SSSR count). The second-order valence-corrected chi connectivity index (χ2v) is 5.22. The maximum absolute atomic E-state index is 11.4. The lowest BCUT2D eigenvalue weighted by Gasteiger charge is -2.14. The summed E-state index contributed by atoms with van der Waals surface area (Å²) in [5.74, 6) is 0.914. The lowest BCUT2D eigenvalue weighted by atomic mass is 10.1. The van der Waals surface area contributed by atoms with E-state index < -0.39 is 0 Å². The number of likely N-dealkylation sites (tertiary alicyclic amines) is 1. The number of hydrogen-bond acceptors (Lipinski definition) is 3. The van der Waals surface area contributed by atoms with Gasteiger partial charge in [0.1, 0.15) is 0 Å². The van der Waals surface area contributed by atoms with Gasteiger partial charge in [0.05, 0.1) is 0 Å². The zero-order chi connectivity index (χ0) is 12.7. The Bertz CT molecular complexity index is 231. The van der Waals surface area contributed by atoms with Gasteiger partial charge in [-0.2, -0.15) is 0 Å². The van der Waals surface area contributed by atoms with Crippen LogP contribution in [0.2, 0.25) is 0 Å². The van der Waals surface area contributed by atoms with Crippen molar-refractivity contribution in [2.75, 3.05) is 32.7 Å². The molecule has 0 aliphatic carbocycles. The van der Waals surface area contributed by atoms with Crippen LogP contribution in [0.15, 0.2) is 0 Å². The van der Waals surface area contributed by atoms with E-state index in [9.17, 15) is 4.79 Å². The first-order valence-electron chi connectivity index (χ1n) is 6.84. The first-order chi connectivity index (χ1) is 8.11. The highest BCUT2D eigenvalue weighted by molar-refractivity contribution is 5.76. The van der Waals surface area contributed by atoms with E-state index in [2.05, 4.69) is 22.5 Å². The number of hydrogen-bond donors (Lipinski definition) is 2. The second kappa shape index (κ2) is 7.67. The van der Waals surface area contributed by atoms with Gasteiger partial charge in [-0.3, -0.25) is 4.79 Å². The van der Waals surface area contributed by atoms with Crippen LogP contribution in [0.25, 0.3) is 0 Å². The Morgan fingerprint density at radius 3 is 2.82 bits per heavy atom. The van der Waals surface area contributed by atoms with Gasteiger partial charge in [0.2, 0.25) is 5.91 Å². The SMILES string of the molecule is CCN1CCC(CNCCC(=O)NC(C)C)C1. The number of nitrogens with one attached hydrogen (secondary N) is 2. The van der Waals surface area contributed by atoms with Gasteiger partial charge in [0, 0.05) is 25.6 Å². The van der Waals surface area contributed by atoms with Crippen LogP contribution in [0, 0.1) is 5.92 Å². The molecular formula is C13H27N3O. The quantitative estimate of drug-likeness (QED) is 0.649. The number of rotatable bonds is 7. The van der Waals surface area contributed by atoms with Crippen molar-refractivity contribution in [2.45, 2.75) is 39.7 Å². The van der Waals surface area contributed by atoms with Gasteiger partial charge in [-0.1, -0.05) is 6.92 Å². The molecule has 1 unspecified atom stereocenters. The Hall–Kier alpha value is -0.610. The monoisotopic (exact) mass is 241 g/mol. The summed E-state index contributed by atoms with van der Waals surface area (Å²) in [4.78, 5) is 13.9. The molecule has 4 nitrogen and oxygen atoms in total. The Morgan fingerprint density at radius 2 is 2.24 bits per heavy atom. The molecule has 0 aromatic carbocycles. The predicted molar refractivity (Wildman–Crippen MR) is 71.0 cm³/mol. The van der Waals surface area contributed by atoms with Crippen LogP contribution in [0.3, 0.4) is 0 Å². The third kappa shape index (κ3) is 6.03. The molecule has 1 atom stereocenters. The fourth-order valence-electron chi connectivity index (χ4n) is 2.27. The summed E-state index contributed by atoms with van der Waals surface area (Å²) in [6.07, 6.45) is 1.88. The minimum absolute atomic E-state index is 0.147. The van der Waals surface area contributed by atoms with Crippen molar-refractivity contribution in [1.82, 2.24) is 15.5 Å². The number of amides is 1. The average Bonchev–Trinajstić information content (AvgIpc) is 2.71. The van der Waals surface area contributed by atoms with Gasteiger partial charge in [0.15, 0.2) is 0 Å². The van der Waals surface area contributed by atoms with Gasteiger partial charge in [0.25, 0.3) is 0 Å². The summed E-state index contributed by atoms with van der Waals surface area (Å²) in [5, 5.41) is 6.29. The third-order valence-corrected chi connectivity index (χ3v) is 3.23. The minimum atomic E-state index is 0.147. The molecular weight excluding hydrogens is 214 g/mol. The molecule has 0 spiro atoms. The van der Waals surface area contributed by atoms with Gasteiger partial charge in [-0.15, -0.1) is 0 Å². The molecule has 1 aliphatic heterocycles. The molecule has 4 heteroatoms. The van der Waals surface area contributed by atoms with Crippen LogP contribution in [0.4, 0.5) is 0 Å². The summed E-state index contributed by atoms with van der Waals surface area (Å²) in [7, 11) is 0. The van der Waals surface area contributed by atoms with Crippen LogP contribution >= 0.6 is 0 Å². The lowest BCUT2D eigenvalue weighted by Crippen LogP contribution is -2.34. The fraction of sp³-hybridized carbons (Fsp3) is 0.923. The molecule has 1 aliphatic rings. The molecule has 2 N–H and O–H groups in total. The molecule has 1 fully saturated rings. The van der Waals surface area contributed by atoms with Crippen LogP contribution in [0.1, 0.15) is 33.6 Å². The van der Waals surface area contributed by atoms with Crippen molar-refractivity contribution in [2.24, 2.45) is 5.92 Å². The van der Waals surface area contributed by atoms with Gasteiger partial charge in [-0.05, 0) is 45.8 Å². The maximum Gasteiger partial charge on any atom is 0.221 e. The molecule has 100 valence electrons.